The molecule has 144 valence electrons. The summed E-state index contributed by atoms with van der Waals surface area (Å²) in [6.45, 7) is 1.84. The van der Waals surface area contributed by atoms with Gasteiger partial charge in [-0.05, 0) is 33.6 Å². The van der Waals surface area contributed by atoms with E-state index < -0.39 is 18.0 Å². The SMILES string of the molecule is CC(c1ccccc1)C(NC(=O)Nc1cnc(-c2ccc(Br)s2)nc1)C(N)=O. The van der Waals surface area contributed by atoms with E-state index in [1.807, 2.05) is 49.4 Å². The van der Waals surface area contributed by atoms with Crippen LogP contribution in [0.15, 0.2) is 58.6 Å². The van der Waals surface area contributed by atoms with Gasteiger partial charge in [0.15, 0.2) is 5.82 Å². The Balaban J connectivity index is 1.65. The van der Waals surface area contributed by atoms with Crippen molar-refractivity contribution < 1.29 is 9.59 Å². The molecule has 2 aromatic heterocycles. The average molecular weight is 460 g/mol. The molecular weight excluding hydrogens is 442 g/mol. The minimum absolute atomic E-state index is 0.277. The van der Waals surface area contributed by atoms with Crippen molar-refractivity contribution in [1.82, 2.24) is 15.3 Å². The van der Waals surface area contributed by atoms with Crippen LogP contribution in [0.1, 0.15) is 18.4 Å². The van der Waals surface area contributed by atoms with Gasteiger partial charge in [0, 0.05) is 5.92 Å². The van der Waals surface area contributed by atoms with Gasteiger partial charge in [0.05, 0.1) is 26.7 Å². The highest BCUT2D eigenvalue weighted by molar-refractivity contribution is 9.11. The van der Waals surface area contributed by atoms with Gasteiger partial charge in [0.25, 0.3) is 0 Å². The number of anilines is 1. The summed E-state index contributed by atoms with van der Waals surface area (Å²) in [5.74, 6) is -0.323. The first kappa shape index (κ1) is 20.0. The van der Waals surface area contributed by atoms with Gasteiger partial charge in [-0.15, -0.1) is 11.3 Å². The fraction of sp³-hybridized carbons (Fsp3) is 0.158. The highest BCUT2D eigenvalue weighted by Gasteiger charge is 2.26. The first-order valence-corrected chi connectivity index (χ1v) is 10.0. The van der Waals surface area contributed by atoms with Gasteiger partial charge in [-0.25, -0.2) is 14.8 Å². The number of primary amides is 1. The van der Waals surface area contributed by atoms with Crippen molar-refractivity contribution in [3.63, 3.8) is 0 Å². The second kappa shape index (κ2) is 8.94. The third-order valence-electron chi connectivity index (χ3n) is 4.12. The third kappa shape index (κ3) is 4.93. The summed E-state index contributed by atoms with van der Waals surface area (Å²) in [6, 6.07) is 11.8. The molecule has 0 aliphatic rings. The molecule has 3 amide bonds. The number of hydrogen-bond donors (Lipinski definition) is 3. The van der Waals surface area contributed by atoms with Gasteiger partial charge in [-0.1, -0.05) is 37.3 Å². The molecule has 0 saturated heterocycles. The average Bonchev–Trinajstić information content (AvgIpc) is 3.13. The van der Waals surface area contributed by atoms with Crippen molar-refractivity contribution in [2.75, 3.05) is 5.32 Å². The van der Waals surface area contributed by atoms with Crippen molar-refractivity contribution in [1.29, 1.82) is 0 Å². The molecule has 3 rings (SSSR count). The molecule has 1 aromatic carbocycles. The van der Waals surface area contributed by atoms with E-state index in [2.05, 4.69) is 36.5 Å². The zero-order valence-corrected chi connectivity index (χ0v) is 17.3. The highest BCUT2D eigenvalue weighted by Crippen LogP contribution is 2.29. The highest BCUT2D eigenvalue weighted by atomic mass is 79.9. The molecule has 2 unspecified atom stereocenters. The van der Waals surface area contributed by atoms with E-state index >= 15 is 0 Å². The van der Waals surface area contributed by atoms with E-state index in [1.165, 1.54) is 23.7 Å². The van der Waals surface area contributed by atoms with Crippen molar-refractivity contribution in [2.45, 2.75) is 18.9 Å². The molecule has 7 nitrogen and oxygen atoms in total. The lowest BCUT2D eigenvalue weighted by molar-refractivity contribution is -0.120. The number of aromatic nitrogens is 2. The molecule has 2 heterocycles. The summed E-state index contributed by atoms with van der Waals surface area (Å²) >= 11 is 4.91. The van der Waals surface area contributed by atoms with Crippen molar-refractivity contribution >= 4 is 44.9 Å². The number of nitrogens with one attached hydrogen (secondary N) is 2. The van der Waals surface area contributed by atoms with Crippen LogP contribution in [0.2, 0.25) is 0 Å². The van der Waals surface area contributed by atoms with Gasteiger partial charge in [-0.3, -0.25) is 4.79 Å². The minimum atomic E-state index is -0.855. The van der Waals surface area contributed by atoms with Gasteiger partial charge < -0.3 is 16.4 Å². The van der Waals surface area contributed by atoms with E-state index in [9.17, 15) is 9.59 Å². The Labute approximate surface area is 174 Å². The number of nitrogens with zero attached hydrogens (tertiary/aromatic N) is 2. The number of carbonyl (C=O) groups is 2. The quantitative estimate of drug-likeness (QED) is 0.521. The molecule has 3 aromatic rings. The lowest BCUT2D eigenvalue weighted by Gasteiger charge is -2.22. The van der Waals surface area contributed by atoms with Crippen molar-refractivity contribution in [3.05, 3.63) is 64.2 Å². The number of halogens is 1. The van der Waals surface area contributed by atoms with Gasteiger partial charge >= 0.3 is 6.03 Å². The molecule has 28 heavy (non-hydrogen) atoms. The van der Waals surface area contributed by atoms with Gasteiger partial charge in [-0.2, -0.15) is 0 Å². The summed E-state index contributed by atoms with van der Waals surface area (Å²) in [7, 11) is 0. The molecule has 0 aliphatic heterocycles. The Morgan fingerprint density at radius 3 is 2.36 bits per heavy atom. The monoisotopic (exact) mass is 459 g/mol. The zero-order valence-electron chi connectivity index (χ0n) is 14.9. The second-order valence-electron chi connectivity index (χ2n) is 6.08. The Hall–Kier alpha value is -2.78. The molecule has 0 aliphatic carbocycles. The first-order chi connectivity index (χ1) is 13.4. The van der Waals surface area contributed by atoms with Crippen LogP contribution in [0, 0.1) is 0 Å². The van der Waals surface area contributed by atoms with E-state index in [-0.39, 0.29) is 5.92 Å². The van der Waals surface area contributed by atoms with Crippen LogP contribution in [0.3, 0.4) is 0 Å². The fourth-order valence-electron chi connectivity index (χ4n) is 2.65. The number of carbonyl (C=O) groups excluding carboxylic acids is 2. The summed E-state index contributed by atoms with van der Waals surface area (Å²) < 4.78 is 0.984. The number of thiophene rings is 1. The smallest absolute Gasteiger partial charge is 0.319 e. The van der Waals surface area contributed by atoms with Crippen LogP contribution in [0.4, 0.5) is 10.5 Å². The number of nitrogens with two attached hydrogens (primary N) is 1. The third-order valence-corrected chi connectivity index (χ3v) is 5.74. The van der Waals surface area contributed by atoms with Crippen molar-refractivity contribution in [3.8, 4) is 10.7 Å². The largest absolute Gasteiger partial charge is 0.368 e. The molecule has 0 spiro atoms. The maximum atomic E-state index is 12.3. The van der Waals surface area contributed by atoms with Crippen LogP contribution in [-0.2, 0) is 4.79 Å². The predicted octanol–water partition coefficient (Wildman–Crippen LogP) is 3.75. The Morgan fingerprint density at radius 2 is 1.79 bits per heavy atom. The number of benzene rings is 1. The number of rotatable bonds is 6. The molecule has 0 fully saturated rings. The maximum absolute atomic E-state index is 12.3. The summed E-state index contributed by atoms with van der Waals surface area (Å²) in [5.41, 5.74) is 6.81. The maximum Gasteiger partial charge on any atom is 0.319 e. The number of urea groups is 1. The zero-order chi connectivity index (χ0) is 20.1. The summed E-state index contributed by atoms with van der Waals surface area (Å²) in [6.07, 6.45) is 3.02. The number of amides is 3. The van der Waals surface area contributed by atoms with E-state index in [0.29, 0.717) is 11.5 Å². The van der Waals surface area contributed by atoms with E-state index in [1.54, 1.807) is 0 Å². The Morgan fingerprint density at radius 1 is 1.11 bits per heavy atom. The van der Waals surface area contributed by atoms with Crippen LogP contribution in [0.5, 0.6) is 0 Å². The minimum Gasteiger partial charge on any atom is -0.368 e. The standard InChI is InChI=1S/C19H18BrN5O2S/c1-11(12-5-3-2-4-6-12)16(17(21)26)25-19(27)24-13-9-22-18(23-10-13)14-7-8-15(20)28-14/h2-11,16H,1H3,(H2,21,26)(H2,24,25,27). The molecule has 4 N–H and O–H groups in total. The predicted molar refractivity (Wildman–Crippen MR) is 113 cm³/mol. The molecule has 0 bridgehead atoms. The lowest BCUT2D eigenvalue weighted by atomic mass is 9.93. The summed E-state index contributed by atoms with van der Waals surface area (Å²) in [5, 5.41) is 5.26. The van der Waals surface area contributed by atoms with Gasteiger partial charge in [0.2, 0.25) is 5.91 Å². The van der Waals surface area contributed by atoms with Crippen LogP contribution >= 0.6 is 27.3 Å². The first-order valence-electron chi connectivity index (χ1n) is 8.43. The van der Waals surface area contributed by atoms with E-state index in [0.717, 1.165) is 14.2 Å². The topological polar surface area (TPSA) is 110 Å². The van der Waals surface area contributed by atoms with Gasteiger partial charge in [0.1, 0.15) is 6.04 Å². The molecule has 0 saturated carbocycles. The van der Waals surface area contributed by atoms with Crippen LogP contribution in [-0.4, -0.2) is 27.9 Å². The van der Waals surface area contributed by atoms with Crippen LogP contribution in [0.25, 0.3) is 10.7 Å². The molecule has 2 atom stereocenters. The fourth-order valence-corrected chi connectivity index (χ4v) is 3.99. The number of hydrogen-bond acceptors (Lipinski definition) is 5. The molecule has 9 heteroatoms. The molecule has 0 radical (unpaired) electrons. The van der Waals surface area contributed by atoms with Crippen LogP contribution < -0.4 is 16.4 Å². The molecular formula is C19H18BrN5O2S. The summed E-state index contributed by atoms with van der Waals surface area (Å²) in [4.78, 5) is 33.6. The normalized spacial score (nSPS) is 12.8. The Bertz CT molecular complexity index is 962. The van der Waals surface area contributed by atoms with E-state index in [4.69, 9.17) is 5.73 Å². The Kier molecular flexibility index (Phi) is 6.37. The second-order valence-corrected chi connectivity index (χ2v) is 8.54. The lowest BCUT2D eigenvalue weighted by Crippen LogP contribution is -2.49. The van der Waals surface area contributed by atoms with Crippen molar-refractivity contribution in [2.24, 2.45) is 5.73 Å².